The highest BCUT2D eigenvalue weighted by atomic mass is 32.2. The number of fused-ring (bicyclic) bond motifs is 1. The van der Waals surface area contributed by atoms with Crippen molar-refractivity contribution in [2.24, 2.45) is 0 Å². The van der Waals surface area contributed by atoms with Crippen LogP contribution in [-0.4, -0.2) is 42.2 Å². The van der Waals surface area contributed by atoms with Gasteiger partial charge in [-0.25, -0.2) is 8.42 Å². The van der Waals surface area contributed by atoms with Crippen LogP contribution in [0.3, 0.4) is 0 Å². The minimum absolute atomic E-state index is 0.00740. The first kappa shape index (κ1) is 17.9. The molecule has 1 N–H and O–H groups in total. The highest BCUT2D eigenvalue weighted by molar-refractivity contribution is 7.92. The molecule has 0 saturated carbocycles. The number of likely N-dealkylation sites (N-methyl/N-ethyl adjacent to an activating group) is 1. The molecular formula is C17H18N2O6S. The average Bonchev–Trinajstić information content (AvgIpc) is 2.64. The Bertz CT molecular complexity index is 958. The van der Waals surface area contributed by atoms with Crippen molar-refractivity contribution >= 4 is 27.3 Å². The molecule has 1 amide bonds. The summed E-state index contributed by atoms with van der Waals surface area (Å²) < 4.78 is 43.7. The molecule has 8 nitrogen and oxygen atoms in total. The maximum atomic E-state index is 12.8. The summed E-state index contributed by atoms with van der Waals surface area (Å²) in [6.07, 6.45) is 0. The van der Waals surface area contributed by atoms with E-state index in [1.54, 1.807) is 25.2 Å². The fourth-order valence-electron chi connectivity index (χ4n) is 2.57. The summed E-state index contributed by atoms with van der Waals surface area (Å²) in [6.45, 7) is -0.154. The zero-order chi connectivity index (χ0) is 18.9. The van der Waals surface area contributed by atoms with E-state index in [1.807, 2.05) is 0 Å². The molecule has 0 spiro atoms. The molecule has 0 aliphatic carbocycles. The first-order valence-electron chi connectivity index (χ1n) is 7.64. The summed E-state index contributed by atoms with van der Waals surface area (Å²) in [5.41, 5.74) is 0.741. The van der Waals surface area contributed by atoms with Gasteiger partial charge in [-0.15, -0.1) is 0 Å². The van der Waals surface area contributed by atoms with E-state index in [1.165, 1.54) is 37.3 Å². The minimum Gasteiger partial charge on any atom is -0.493 e. The largest absolute Gasteiger partial charge is 0.493 e. The van der Waals surface area contributed by atoms with Gasteiger partial charge in [-0.3, -0.25) is 9.52 Å². The Morgan fingerprint density at radius 2 is 1.85 bits per heavy atom. The number of hydrogen-bond acceptors (Lipinski definition) is 6. The van der Waals surface area contributed by atoms with Crippen molar-refractivity contribution in [1.29, 1.82) is 0 Å². The van der Waals surface area contributed by atoms with Crippen LogP contribution in [0.1, 0.15) is 0 Å². The van der Waals surface area contributed by atoms with Crippen LogP contribution in [-0.2, 0) is 14.8 Å². The maximum absolute atomic E-state index is 12.8. The van der Waals surface area contributed by atoms with E-state index in [0.717, 1.165) is 0 Å². The van der Waals surface area contributed by atoms with Crippen LogP contribution >= 0.6 is 0 Å². The molecule has 3 rings (SSSR count). The van der Waals surface area contributed by atoms with Gasteiger partial charge in [0.2, 0.25) is 0 Å². The Hall–Kier alpha value is -2.94. The SMILES string of the molecule is COc1ccc(S(=O)(=O)Nc2cccc3c2OCC(=O)N3C)cc1OC. The van der Waals surface area contributed by atoms with Crippen LogP contribution in [0.25, 0.3) is 0 Å². The second kappa shape index (κ2) is 6.75. The highest BCUT2D eigenvalue weighted by Gasteiger charge is 2.26. The second-order valence-electron chi connectivity index (χ2n) is 5.52. The number of rotatable bonds is 5. The quantitative estimate of drug-likeness (QED) is 0.853. The molecule has 9 heteroatoms. The van der Waals surface area contributed by atoms with Gasteiger partial charge in [0.25, 0.3) is 15.9 Å². The third-order valence-corrected chi connectivity index (χ3v) is 5.34. The average molecular weight is 378 g/mol. The molecule has 1 aliphatic rings. The van der Waals surface area contributed by atoms with E-state index in [9.17, 15) is 13.2 Å². The van der Waals surface area contributed by atoms with Gasteiger partial charge in [-0.05, 0) is 24.3 Å². The van der Waals surface area contributed by atoms with Crippen molar-refractivity contribution in [3.05, 3.63) is 36.4 Å². The van der Waals surface area contributed by atoms with Crippen LogP contribution in [0.4, 0.5) is 11.4 Å². The molecular weight excluding hydrogens is 360 g/mol. The Morgan fingerprint density at radius 3 is 2.54 bits per heavy atom. The molecule has 138 valence electrons. The second-order valence-corrected chi connectivity index (χ2v) is 7.20. The molecule has 2 aromatic carbocycles. The van der Waals surface area contributed by atoms with Crippen LogP contribution in [0.5, 0.6) is 17.2 Å². The summed E-state index contributed by atoms with van der Waals surface area (Å²) in [6, 6.07) is 9.19. The smallest absolute Gasteiger partial charge is 0.264 e. The van der Waals surface area contributed by atoms with Crippen molar-refractivity contribution in [1.82, 2.24) is 0 Å². The van der Waals surface area contributed by atoms with E-state index in [4.69, 9.17) is 14.2 Å². The fraction of sp³-hybridized carbons (Fsp3) is 0.235. The predicted molar refractivity (Wildman–Crippen MR) is 95.7 cm³/mol. The van der Waals surface area contributed by atoms with E-state index >= 15 is 0 Å². The lowest BCUT2D eigenvalue weighted by Crippen LogP contribution is -2.35. The molecule has 0 saturated heterocycles. The Balaban J connectivity index is 1.98. The number of amides is 1. The van der Waals surface area contributed by atoms with Crippen molar-refractivity contribution in [2.75, 3.05) is 37.5 Å². The number of hydrogen-bond donors (Lipinski definition) is 1. The van der Waals surface area contributed by atoms with Crippen molar-refractivity contribution in [3.8, 4) is 17.2 Å². The molecule has 0 radical (unpaired) electrons. The summed E-state index contributed by atoms with van der Waals surface area (Å²) in [5.74, 6) is 0.815. The number of anilines is 2. The third-order valence-electron chi connectivity index (χ3n) is 3.98. The van der Waals surface area contributed by atoms with Gasteiger partial charge in [-0.2, -0.15) is 0 Å². The van der Waals surface area contributed by atoms with Crippen LogP contribution in [0, 0.1) is 0 Å². The molecule has 0 unspecified atom stereocenters. The lowest BCUT2D eigenvalue weighted by Gasteiger charge is -2.27. The van der Waals surface area contributed by atoms with Gasteiger partial charge in [0.15, 0.2) is 23.9 Å². The van der Waals surface area contributed by atoms with Crippen molar-refractivity contribution in [3.63, 3.8) is 0 Å². The molecule has 2 aromatic rings. The predicted octanol–water partition coefficient (Wildman–Crippen LogP) is 1.86. The van der Waals surface area contributed by atoms with Gasteiger partial charge in [0.1, 0.15) is 0 Å². The fourth-order valence-corrected chi connectivity index (χ4v) is 3.65. The van der Waals surface area contributed by atoms with E-state index in [0.29, 0.717) is 22.9 Å². The monoisotopic (exact) mass is 378 g/mol. The lowest BCUT2D eigenvalue weighted by molar-refractivity contribution is -0.120. The number of para-hydroxylation sites is 1. The van der Waals surface area contributed by atoms with Gasteiger partial charge in [0.05, 0.1) is 30.5 Å². The minimum atomic E-state index is -3.90. The van der Waals surface area contributed by atoms with Crippen molar-refractivity contribution < 1.29 is 27.4 Å². The molecule has 26 heavy (non-hydrogen) atoms. The van der Waals surface area contributed by atoms with E-state index in [2.05, 4.69) is 4.72 Å². The first-order valence-corrected chi connectivity index (χ1v) is 9.13. The highest BCUT2D eigenvalue weighted by Crippen LogP contribution is 2.39. The molecule has 0 aromatic heterocycles. The van der Waals surface area contributed by atoms with Gasteiger partial charge < -0.3 is 19.1 Å². The Labute approximate surface area is 151 Å². The number of benzene rings is 2. The zero-order valence-corrected chi connectivity index (χ0v) is 15.3. The summed E-state index contributed by atoms with van der Waals surface area (Å²) >= 11 is 0. The number of methoxy groups -OCH3 is 2. The standard InChI is InChI=1S/C17H18N2O6S/c1-19-13-6-4-5-12(17(13)25-10-16(19)20)18-26(21,22)11-7-8-14(23-2)15(9-11)24-3/h4-9,18H,10H2,1-3H3. The normalized spacial score (nSPS) is 13.7. The summed E-state index contributed by atoms with van der Waals surface area (Å²) in [5, 5.41) is 0. The number of ether oxygens (including phenoxy) is 3. The van der Waals surface area contributed by atoms with Gasteiger partial charge in [0, 0.05) is 13.1 Å². The molecule has 0 atom stereocenters. The topological polar surface area (TPSA) is 94.2 Å². The number of nitrogens with one attached hydrogen (secondary N) is 1. The number of sulfonamides is 1. The van der Waals surface area contributed by atoms with Gasteiger partial charge >= 0.3 is 0 Å². The molecule has 0 fully saturated rings. The summed E-state index contributed by atoms with van der Waals surface area (Å²) in [4.78, 5) is 13.2. The third kappa shape index (κ3) is 3.13. The molecule has 1 aliphatic heterocycles. The van der Waals surface area contributed by atoms with E-state index < -0.39 is 10.0 Å². The molecule has 1 heterocycles. The van der Waals surface area contributed by atoms with Crippen LogP contribution in [0.2, 0.25) is 0 Å². The van der Waals surface area contributed by atoms with Gasteiger partial charge in [-0.1, -0.05) is 6.07 Å². The Morgan fingerprint density at radius 1 is 1.12 bits per heavy atom. The number of carbonyl (C=O) groups is 1. The first-order chi connectivity index (χ1) is 12.4. The van der Waals surface area contributed by atoms with Crippen LogP contribution < -0.4 is 23.8 Å². The van der Waals surface area contributed by atoms with Crippen LogP contribution in [0.15, 0.2) is 41.3 Å². The van der Waals surface area contributed by atoms with E-state index in [-0.39, 0.29) is 23.1 Å². The lowest BCUT2D eigenvalue weighted by atomic mass is 10.2. The number of nitrogens with zero attached hydrogens (tertiary/aromatic N) is 1. The summed E-state index contributed by atoms with van der Waals surface area (Å²) in [7, 11) is 0.597. The molecule has 0 bridgehead atoms. The maximum Gasteiger partial charge on any atom is 0.264 e. The zero-order valence-electron chi connectivity index (χ0n) is 14.5. The number of carbonyl (C=O) groups excluding carboxylic acids is 1. The van der Waals surface area contributed by atoms with Crippen molar-refractivity contribution in [2.45, 2.75) is 4.90 Å². The Kier molecular flexibility index (Phi) is 4.64.